The first-order valence-corrected chi connectivity index (χ1v) is 10.8. The fraction of sp³-hybridized carbons (Fsp3) is 0.200. The van der Waals surface area contributed by atoms with Crippen LogP contribution in [0.5, 0.6) is 0 Å². The zero-order valence-corrected chi connectivity index (χ0v) is 15.0. The third kappa shape index (κ3) is 4.70. The predicted molar refractivity (Wildman–Crippen MR) is 91.4 cm³/mol. The molecule has 0 radical (unpaired) electrons. The van der Waals surface area contributed by atoms with Crippen molar-refractivity contribution >= 4 is 37.0 Å². The third-order valence-corrected chi connectivity index (χ3v) is 5.63. The Balaban J connectivity index is 2.38. The Morgan fingerprint density at radius 1 is 0.957 bits per heavy atom. The molecule has 0 aliphatic heterocycles. The van der Waals surface area contributed by atoms with Crippen LogP contribution in [-0.4, -0.2) is 29.3 Å². The molecule has 0 bridgehead atoms. The van der Waals surface area contributed by atoms with Gasteiger partial charge in [-0.1, -0.05) is 23.7 Å². The molecule has 2 aromatic rings. The molecule has 2 rings (SSSR count). The predicted octanol–water partition coefficient (Wildman–Crippen LogP) is 2.76. The molecule has 0 aromatic heterocycles. The van der Waals surface area contributed by atoms with Gasteiger partial charge in [0.15, 0.2) is 19.7 Å². The fourth-order valence-corrected chi connectivity index (χ4v) is 3.85. The van der Waals surface area contributed by atoms with E-state index in [1.807, 2.05) is 6.07 Å². The maximum absolute atomic E-state index is 11.9. The van der Waals surface area contributed by atoms with E-state index in [-0.39, 0.29) is 9.79 Å². The van der Waals surface area contributed by atoms with Gasteiger partial charge in [0.2, 0.25) is 0 Å². The highest BCUT2D eigenvalue weighted by molar-refractivity contribution is 7.91. The van der Waals surface area contributed by atoms with E-state index in [9.17, 15) is 16.8 Å². The van der Waals surface area contributed by atoms with E-state index in [0.717, 1.165) is 18.1 Å². The fourth-order valence-electron chi connectivity index (χ4n) is 2.03. The molecule has 8 heteroatoms. The van der Waals surface area contributed by atoms with Gasteiger partial charge < -0.3 is 5.32 Å². The van der Waals surface area contributed by atoms with E-state index >= 15 is 0 Å². The average Bonchev–Trinajstić information content (AvgIpc) is 2.43. The van der Waals surface area contributed by atoms with Crippen LogP contribution < -0.4 is 5.32 Å². The van der Waals surface area contributed by atoms with Crippen molar-refractivity contribution in [2.24, 2.45) is 0 Å². The number of hydrogen-bond acceptors (Lipinski definition) is 5. The van der Waals surface area contributed by atoms with Gasteiger partial charge in [0.05, 0.1) is 15.5 Å². The number of rotatable bonds is 5. The molecule has 2 aromatic carbocycles. The lowest BCUT2D eigenvalue weighted by molar-refractivity contribution is 0.600. The summed E-state index contributed by atoms with van der Waals surface area (Å²) in [5.74, 6) is 0. The Kier molecular flexibility index (Phi) is 5.03. The minimum atomic E-state index is -3.58. The molecule has 0 spiro atoms. The summed E-state index contributed by atoms with van der Waals surface area (Å²) >= 11 is 5.91. The highest BCUT2D eigenvalue weighted by Crippen LogP contribution is 2.25. The molecule has 124 valence electrons. The summed E-state index contributed by atoms with van der Waals surface area (Å²) in [6.07, 6.45) is 2.08. The Morgan fingerprint density at radius 3 is 2.22 bits per heavy atom. The molecule has 0 saturated carbocycles. The molecule has 0 heterocycles. The van der Waals surface area contributed by atoms with Crippen molar-refractivity contribution in [3.63, 3.8) is 0 Å². The van der Waals surface area contributed by atoms with Crippen molar-refractivity contribution in [2.75, 3.05) is 17.8 Å². The molecular weight excluding hydrogens is 358 g/mol. The maximum atomic E-state index is 11.9. The van der Waals surface area contributed by atoms with E-state index in [1.165, 1.54) is 18.2 Å². The van der Waals surface area contributed by atoms with Crippen LogP contribution in [0.25, 0.3) is 0 Å². The van der Waals surface area contributed by atoms with E-state index in [1.54, 1.807) is 18.2 Å². The van der Waals surface area contributed by atoms with Gasteiger partial charge in [-0.15, -0.1) is 0 Å². The normalized spacial score (nSPS) is 12.1. The highest BCUT2D eigenvalue weighted by Gasteiger charge is 2.17. The molecule has 23 heavy (non-hydrogen) atoms. The smallest absolute Gasteiger partial charge is 0.177 e. The number of benzene rings is 2. The minimum absolute atomic E-state index is 0.0359. The SMILES string of the molecule is CS(=O)(=O)c1ccc(NCc2cccc(Cl)c2)c(S(C)(=O)=O)c1. The summed E-state index contributed by atoms with van der Waals surface area (Å²) in [6.45, 7) is 0.362. The molecule has 0 aliphatic rings. The van der Waals surface area contributed by atoms with Crippen LogP contribution in [0, 0.1) is 0 Å². The molecule has 0 atom stereocenters. The Hall–Kier alpha value is -1.57. The summed E-state index contributed by atoms with van der Waals surface area (Å²) in [6, 6.07) is 11.2. The van der Waals surface area contributed by atoms with Gasteiger partial charge in [0.1, 0.15) is 0 Å². The highest BCUT2D eigenvalue weighted by atomic mass is 35.5. The molecule has 0 aliphatic carbocycles. The van der Waals surface area contributed by atoms with Crippen LogP contribution in [-0.2, 0) is 26.2 Å². The monoisotopic (exact) mass is 373 g/mol. The van der Waals surface area contributed by atoms with Gasteiger partial charge in [-0.25, -0.2) is 16.8 Å². The number of hydrogen-bond donors (Lipinski definition) is 1. The van der Waals surface area contributed by atoms with Gasteiger partial charge in [0.25, 0.3) is 0 Å². The molecule has 0 amide bonds. The quantitative estimate of drug-likeness (QED) is 0.871. The average molecular weight is 374 g/mol. The zero-order chi connectivity index (χ0) is 17.3. The number of anilines is 1. The summed E-state index contributed by atoms with van der Waals surface area (Å²) in [5, 5.41) is 3.59. The molecule has 0 unspecified atom stereocenters. The standard InChI is InChI=1S/C15H16ClNO4S2/c1-22(18,19)13-6-7-14(15(9-13)23(2,20)21)17-10-11-4-3-5-12(16)8-11/h3-9,17H,10H2,1-2H3. The van der Waals surface area contributed by atoms with Gasteiger partial charge in [-0.2, -0.15) is 0 Å². The third-order valence-electron chi connectivity index (χ3n) is 3.15. The lowest BCUT2D eigenvalue weighted by atomic mass is 10.2. The van der Waals surface area contributed by atoms with E-state index in [0.29, 0.717) is 17.3 Å². The number of halogens is 1. The largest absolute Gasteiger partial charge is 0.380 e. The van der Waals surface area contributed by atoms with Crippen molar-refractivity contribution in [1.29, 1.82) is 0 Å². The van der Waals surface area contributed by atoms with Crippen molar-refractivity contribution in [1.82, 2.24) is 0 Å². The van der Waals surface area contributed by atoms with Gasteiger partial charge in [-0.3, -0.25) is 0 Å². The molecule has 1 N–H and O–H groups in total. The lowest BCUT2D eigenvalue weighted by Gasteiger charge is -2.12. The first-order chi connectivity index (χ1) is 10.6. The molecular formula is C15H16ClNO4S2. The van der Waals surface area contributed by atoms with Gasteiger partial charge >= 0.3 is 0 Å². The van der Waals surface area contributed by atoms with Crippen LogP contribution in [0.4, 0.5) is 5.69 Å². The Bertz CT molecular complexity index is 938. The second-order valence-electron chi connectivity index (χ2n) is 5.19. The Labute approximate surface area is 141 Å². The molecule has 0 saturated heterocycles. The van der Waals surface area contributed by atoms with Crippen LogP contribution in [0.3, 0.4) is 0 Å². The van der Waals surface area contributed by atoms with Crippen molar-refractivity contribution in [2.45, 2.75) is 16.3 Å². The topological polar surface area (TPSA) is 80.3 Å². The van der Waals surface area contributed by atoms with Crippen LogP contribution >= 0.6 is 11.6 Å². The second kappa shape index (κ2) is 6.51. The number of nitrogens with one attached hydrogen (secondary N) is 1. The van der Waals surface area contributed by atoms with E-state index in [4.69, 9.17) is 11.6 Å². The van der Waals surface area contributed by atoms with Crippen LogP contribution in [0.15, 0.2) is 52.3 Å². The van der Waals surface area contributed by atoms with Crippen molar-refractivity contribution < 1.29 is 16.8 Å². The Morgan fingerprint density at radius 2 is 1.65 bits per heavy atom. The van der Waals surface area contributed by atoms with Crippen molar-refractivity contribution in [3.8, 4) is 0 Å². The van der Waals surface area contributed by atoms with Crippen molar-refractivity contribution in [3.05, 3.63) is 53.1 Å². The number of sulfone groups is 2. The summed E-state index contributed by atoms with van der Waals surface area (Å²) < 4.78 is 47.1. The minimum Gasteiger partial charge on any atom is -0.380 e. The first-order valence-electron chi connectivity index (χ1n) is 6.60. The first kappa shape index (κ1) is 17.8. The summed E-state index contributed by atoms with van der Waals surface area (Å²) in [5.41, 5.74) is 1.23. The van der Waals surface area contributed by atoms with E-state index in [2.05, 4.69) is 5.32 Å². The second-order valence-corrected chi connectivity index (χ2v) is 9.62. The molecule has 5 nitrogen and oxygen atoms in total. The van der Waals surface area contributed by atoms with Gasteiger partial charge in [0, 0.05) is 24.1 Å². The molecule has 0 fully saturated rings. The van der Waals surface area contributed by atoms with Gasteiger partial charge in [-0.05, 0) is 35.9 Å². The maximum Gasteiger partial charge on any atom is 0.177 e. The zero-order valence-electron chi connectivity index (χ0n) is 12.6. The van der Waals surface area contributed by atoms with Crippen LogP contribution in [0.1, 0.15) is 5.56 Å². The lowest BCUT2D eigenvalue weighted by Crippen LogP contribution is -2.08. The summed E-state index contributed by atoms with van der Waals surface area (Å²) in [7, 11) is -7.07. The van der Waals surface area contributed by atoms with E-state index < -0.39 is 19.7 Å². The summed E-state index contributed by atoms with van der Waals surface area (Å²) in [4.78, 5) is -0.0892. The van der Waals surface area contributed by atoms with Crippen LogP contribution in [0.2, 0.25) is 5.02 Å².